The molecule has 1 saturated heterocycles. The van der Waals surface area contributed by atoms with Crippen LogP contribution in [0.2, 0.25) is 0 Å². The van der Waals surface area contributed by atoms with Crippen molar-refractivity contribution >= 4 is 23.6 Å². The van der Waals surface area contributed by atoms with E-state index in [0.29, 0.717) is 13.0 Å². The minimum atomic E-state index is -0.308. The van der Waals surface area contributed by atoms with Crippen LogP contribution in [-0.2, 0) is 9.59 Å². The Balaban J connectivity index is 1.89. The normalized spacial score (nSPS) is 19.4. The summed E-state index contributed by atoms with van der Waals surface area (Å²) in [6.45, 7) is 2.68. The summed E-state index contributed by atoms with van der Waals surface area (Å²) in [7, 11) is 0. The van der Waals surface area contributed by atoms with Crippen LogP contribution in [0.1, 0.15) is 13.3 Å². The molecule has 1 aliphatic heterocycles. The van der Waals surface area contributed by atoms with Crippen LogP contribution in [0.4, 0.5) is 0 Å². The molecule has 0 spiro atoms. The van der Waals surface area contributed by atoms with E-state index in [4.69, 9.17) is 0 Å². The van der Waals surface area contributed by atoms with E-state index in [2.05, 4.69) is 5.32 Å². The molecule has 0 bridgehead atoms. The van der Waals surface area contributed by atoms with Crippen LogP contribution in [0.15, 0.2) is 35.2 Å². The summed E-state index contributed by atoms with van der Waals surface area (Å²) in [5.74, 6) is 0.784. The second-order valence-corrected chi connectivity index (χ2v) is 5.56. The number of carbonyl (C=O) groups is 2. The van der Waals surface area contributed by atoms with E-state index in [-0.39, 0.29) is 24.4 Å². The Morgan fingerprint density at radius 1 is 1.32 bits per heavy atom. The summed E-state index contributed by atoms with van der Waals surface area (Å²) in [6.07, 6.45) is 0.660. The van der Waals surface area contributed by atoms with Gasteiger partial charge in [-0.15, -0.1) is 11.8 Å². The Morgan fingerprint density at radius 3 is 2.74 bits per heavy atom. The first-order valence-corrected chi connectivity index (χ1v) is 7.46. The van der Waals surface area contributed by atoms with E-state index in [1.165, 1.54) is 4.90 Å². The number of amides is 2. The molecule has 4 nitrogen and oxygen atoms in total. The number of nitrogens with zero attached hydrogens (tertiary/aromatic N) is 1. The van der Waals surface area contributed by atoms with Crippen molar-refractivity contribution in [3.8, 4) is 0 Å². The van der Waals surface area contributed by atoms with Crippen molar-refractivity contribution in [3.63, 3.8) is 0 Å². The molecule has 1 atom stereocenters. The number of carbonyl (C=O) groups excluding carboxylic acids is 2. The number of hydrogen-bond acceptors (Lipinski definition) is 3. The van der Waals surface area contributed by atoms with Gasteiger partial charge in [-0.2, -0.15) is 0 Å². The summed E-state index contributed by atoms with van der Waals surface area (Å²) in [5, 5.41) is 2.63. The SMILES string of the molecule is CCC1C(=O)NCC(=O)N1CCSc1ccccc1. The molecule has 102 valence electrons. The fourth-order valence-electron chi connectivity index (χ4n) is 2.16. The molecule has 5 heteroatoms. The van der Waals surface area contributed by atoms with Gasteiger partial charge in [0.1, 0.15) is 6.04 Å². The van der Waals surface area contributed by atoms with Crippen LogP contribution in [0.25, 0.3) is 0 Å². The van der Waals surface area contributed by atoms with Crippen molar-refractivity contribution in [2.45, 2.75) is 24.3 Å². The molecule has 1 heterocycles. The Hall–Kier alpha value is -1.49. The lowest BCUT2D eigenvalue weighted by Gasteiger charge is -2.34. The average molecular weight is 278 g/mol. The number of thioether (sulfide) groups is 1. The van der Waals surface area contributed by atoms with Crippen molar-refractivity contribution in [2.75, 3.05) is 18.8 Å². The molecule has 1 aromatic rings. The van der Waals surface area contributed by atoms with E-state index in [1.807, 2.05) is 37.3 Å². The predicted octanol–water partition coefficient (Wildman–Crippen LogP) is 1.52. The van der Waals surface area contributed by atoms with Gasteiger partial charge in [0.25, 0.3) is 0 Å². The highest BCUT2D eigenvalue weighted by Crippen LogP contribution is 2.18. The van der Waals surface area contributed by atoms with Crippen LogP contribution in [0, 0.1) is 0 Å². The number of hydrogen-bond donors (Lipinski definition) is 1. The number of piperazine rings is 1. The summed E-state index contributed by atoms with van der Waals surface area (Å²) in [4.78, 5) is 26.4. The molecule has 1 fully saturated rings. The van der Waals surface area contributed by atoms with Crippen LogP contribution in [0.5, 0.6) is 0 Å². The third kappa shape index (κ3) is 3.50. The van der Waals surface area contributed by atoms with Crippen LogP contribution in [0.3, 0.4) is 0 Å². The van der Waals surface area contributed by atoms with Gasteiger partial charge in [0, 0.05) is 17.2 Å². The van der Waals surface area contributed by atoms with Crippen LogP contribution >= 0.6 is 11.8 Å². The highest BCUT2D eigenvalue weighted by Gasteiger charge is 2.32. The van der Waals surface area contributed by atoms with E-state index >= 15 is 0 Å². The Bertz CT molecular complexity index is 450. The molecule has 2 rings (SSSR count). The van der Waals surface area contributed by atoms with E-state index in [0.717, 1.165) is 5.75 Å². The second-order valence-electron chi connectivity index (χ2n) is 4.39. The van der Waals surface area contributed by atoms with Crippen molar-refractivity contribution in [3.05, 3.63) is 30.3 Å². The van der Waals surface area contributed by atoms with Gasteiger partial charge in [-0.1, -0.05) is 25.1 Å². The zero-order valence-corrected chi connectivity index (χ0v) is 11.8. The molecule has 19 heavy (non-hydrogen) atoms. The topological polar surface area (TPSA) is 49.4 Å². The molecule has 0 saturated carbocycles. The fourth-order valence-corrected chi connectivity index (χ4v) is 3.04. The van der Waals surface area contributed by atoms with Gasteiger partial charge in [-0.25, -0.2) is 0 Å². The Kier molecular flexibility index (Phi) is 4.85. The Morgan fingerprint density at radius 2 is 2.05 bits per heavy atom. The first-order valence-electron chi connectivity index (χ1n) is 6.47. The summed E-state index contributed by atoms with van der Waals surface area (Å²) in [5.41, 5.74) is 0. The number of benzene rings is 1. The highest BCUT2D eigenvalue weighted by molar-refractivity contribution is 7.99. The zero-order valence-electron chi connectivity index (χ0n) is 11.0. The molecule has 2 amide bonds. The van der Waals surface area contributed by atoms with Gasteiger partial charge in [-0.3, -0.25) is 9.59 Å². The maximum absolute atomic E-state index is 11.9. The molecule has 1 aromatic carbocycles. The monoisotopic (exact) mass is 278 g/mol. The molecule has 1 N–H and O–H groups in total. The van der Waals surface area contributed by atoms with Crippen LogP contribution < -0.4 is 5.32 Å². The van der Waals surface area contributed by atoms with Crippen molar-refractivity contribution in [1.82, 2.24) is 10.2 Å². The maximum atomic E-state index is 11.9. The summed E-state index contributed by atoms with van der Waals surface area (Å²) >= 11 is 1.70. The Labute approximate surface area is 117 Å². The molecule has 0 radical (unpaired) electrons. The third-order valence-electron chi connectivity index (χ3n) is 3.14. The van der Waals surface area contributed by atoms with E-state index in [9.17, 15) is 9.59 Å². The van der Waals surface area contributed by atoms with Crippen molar-refractivity contribution in [1.29, 1.82) is 0 Å². The molecule has 0 aliphatic carbocycles. The largest absolute Gasteiger partial charge is 0.345 e. The predicted molar refractivity (Wildman–Crippen MR) is 76.0 cm³/mol. The summed E-state index contributed by atoms with van der Waals surface area (Å²) in [6, 6.07) is 9.76. The lowest BCUT2D eigenvalue weighted by molar-refractivity contribution is -0.145. The van der Waals surface area contributed by atoms with Gasteiger partial charge >= 0.3 is 0 Å². The fraction of sp³-hybridized carbons (Fsp3) is 0.429. The maximum Gasteiger partial charge on any atom is 0.243 e. The third-order valence-corrected chi connectivity index (χ3v) is 4.14. The molecule has 1 aliphatic rings. The van der Waals surface area contributed by atoms with E-state index in [1.54, 1.807) is 16.7 Å². The standard InChI is InChI=1S/C14H18N2O2S/c1-2-12-14(18)15-10-13(17)16(12)8-9-19-11-6-4-3-5-7-11/h3-7,12H,2,8-10H2,1H3,(H,15,18). The van der Waals surface area contributed by atoms with Crippen molar-refractivity contribution < 1.29 is 9.59 Å². The molecule has 1 unspecified atom stereocenters. The van der Waals surface area contributed by atoms with Gasteiger partial charge in [0.15, 0.2) is 0 Å². The smallest absolute Gasteiger partial charge is 0.243 e. The van der Waals surface area contributed by atoms with Crippen molar-refractivity contribution in [2.24, 2.45) is 0 Å². The second kappa shape index (κ2) is 6.61. The lowest BCUT2D eigenvalue weighted by Crippen LogP contribution is -2.58. The van der Waals surface area contributed by atoms with Gasteiger partial charge in [0.2, 0.25) is 11.8 Å². The van der Waals surface area contributed by atoms with Crippen LogP contribution in [-0.4, -0.2) is 41.6 Å². The summed E-state index contributed by atoms with van der Waals surface area (Å²) < 4.78 is 0. The number of nitrogens with one attached hydrogen (secondary N) is 1. The minimum Gasteiger partial charge on any atom is -0.345 e. The highest BCUT2D eigenvalue weighted by atomic mass is 32.2. The first kappa shape index (κ1) is 13.9. The van der Waals surface area contributed by atoms with Gasteiger partial charge in [0.05, 0.1) is 6.54 Å². The first-order chi connectivity index (χ1) is 9.22. The average Bonchev–Trinajstić information content (AvgIpc) is 2.44. The van der Waals surface area contributed by atoms with E-state index < -0.39 is 0 Å². The molecular formula is C14H18N2O2S. The number of rotatable bonds is 5. The van der Waals surface area contributed by atoms with Gasteiger partial charge in [-0.05, 0) is 18.6 Å². The van der Waals surface area contributed by atoms with Gasteiger partial charge < -0.3 is 10.2 Å². The quantitative estimate of drug-likeness (QED) is 0.831. The molecule has 0 aromatic heterocycles. The lowest BCUT2D eigenvalue weighted by atomic mass is 10.1. The molecular weight excluding hydrogens is 260 g/mol. The zero-order chi connectivity index (χ0) is 13.7. The minimum absolute atomic E-state index is 0.0140.